The zero-order valence-electron chi connectivity index (χ0n) is 23.0. The number of carbonyl (C=O) groups is 4. The molecular weight excluding hydrogens is 559 g/mol. The van der Waals surface area contributed by atoms with Crippen LogP contribution >= 0.6 is 0 Å². The van der Waals surface area contributed by atoms with E-state index in [0.29, 0.717) is 0 Å². The molecule has 0 N–H and O–H groups in total. The van der Waals surface area contributed by atoms with Gasteiger partial charge in [-0.05, 0) is 18.2 Å². The molecule has 0 bridgehead atoms. The van der Waals surface area contributed by atoms with Gasteiger partial charge in [-0.25, -0.2) is 4.39 Å². The maximum absolute atomic E-state index is 14.3. The van der Waals surface area contributed by atoms with Gasteiger partial charge in [0.1, 0.15) is 36.1 Å². The molecule has 2 heterocycles. The van der Waals surface area contributed by atoms with E-state index < -0.39 is 72.4 Å². The second-order valence-corrected chi connectivity index (χ2v) is 9.30. The fourth-order valence-corrected chi connectivity index (χ4v) is 4.47. The van der Waals surface area contributed by atoms with Crippen molar-refractivity contribution in [2.45, 2.75) is 58.4 Å². The van der Waals surface area contributed by atoms with Gasteiger partial charge in [-0.3, -0.25) is 24.0 Å². The second kappa shape index (κ2) is 12.8. The van der Waals surface area contributed by atoms with E-state index in [-0.39, 0.29) is 27.8 Å². The van der Waals surface area contributed by atoms with Crippen molar-refractivity contribution >= 4 is 34.8 Å². The van der Waals surface area contributed by atoms with E-state index in [1.165, 1.54) is 36.4 Å². The number of halogens is 1. The molecule has 1 saturated heterocycles. The Kier molecular flexibility index (Phi) is 9.21. The molecular formula is C29H27FO12. The molecule has 1 aromatic heterocycles. The van der Waals surface area contributed by atoms with Crippen molar-refractivity contribution in [1.82, 2.24) is 0 Å². The molecule has 0 spiro atoms. The molecule has 1 fully saturated rings. The van der Waals surface area contributed by atoms with E-state index in [9.17, 15) is 28.4 Å². The first kappa shape index (κ1) is 30.2. The maximum atomic E-state index is 14.3. The maximum Gasteiger partial charge on any atom is 0.303 e. The Balaban J connectivity index is 1.71. The number of ether oxygens (including phenoxy) is 6. The highest BCUT2D eigenvalue weighted by Gasteiger charge is 2.53. The van der Waals surface area contributed by atoms with Gasteiger partial charge in [0, 0.05) is 39.3 Å². The average Bonchev–Trinajstić information content (AvgIpc) is 2.91. The first-order valence-corrected chi connectivity index (χ1v) is 12.7. The monoisotopic (exact) mass is 586 g/mol. The summed E-state index contributed by atoms with van der Waals surface area (Å²) in [6.45, 7) is 4.04. The van der Waals surface area contributed by atoms with Gasteiger partial charge in [-0.2, -0.15) is 0 Å². The van der Waals surface area contributed by atoms with Gasteiger partial charge in [0.15, 0.2) is 12.2 Å². The van der Waals surface area contributed by atoms with Crippen molar-refractivity contribution in [3.8, 4) is 16.9 Å². The minimum atomic E-state index is -1.48. The summed E-state index contributed by atoms with van der Waals surface area (Å²) < 4.78 is 53.0. The van der Waals surface area contributed by atoms with Crippen LogP contribution in [0.3, 0.4) is 0 Å². The van der Waals surface area contributed by atoms with E-state index in [1.807, 2.05) is 0 Å². The SMILES string of the molecule is CC(=O)OCC1OC(Oc2ccc3c(=O)c(-c4ccccc4F)coc3c2)C(OC(C)=O)C(OC(C)=O)C1OC(C)=O. The summed E-state index contributed by atoms with van der Waals surface area (Å²) in [6, 6.07) is 9.92. The molecule has 222 valence electrons. The van der Waals surface area contributed by atoms with Crippen LogP contribution in [0.1, 0.15) is 27.7 Å². The third-order valence-electron chi connectivity index (χ3n) is 6.11. The van der Waals surface area contributed by atoms with Gasteiger partial charge in [-0.15, -0.1) is 0 Å². The highest BCUT2D eigenvalue weighted by atomic mass is 19.1. The number of carbonyl (C=O) groups excluding carboxylic acids is 4. The van der Waals surface area contributed by atoms with Gasteiger partial charge >= 0.3 is 23.9 Å². The van der Waals surface area contributed by atoms with E-state index in [0.717, 1.165) is 34.0 Å². The van der Waals surface area contributed by atoms with Crippen LogP contribution in [0, 0.1) is 5.82 Å². The molecule has 4 rings (SSSR count). The summed E-state index contributed by atoms with van der Waals surface area (Å²) in [5.41, 5.74) is -0.303. The van der Waals surface area contributed by atoms with Crippen LogP contribution in [0.5, 0.6) is 5.75 Å². The van der Waals surface area contributed by atoms with Gasteiger partial charge in [0.25, 0.3) is 0 Å². The summed E-state index contributed by atoms with van der Waals surface area (Å²) in [5.74, 6) is -3.53. The van der Waals surface area contributed by atoms with E-state index in [4.69, 9.17) is 32.8 Å². The third kappa shape index (κ3) is 6.92. The summed E-state index contributed by atoms with van der Waals surface area (Å²) in [6.07, 6.45) is -5.78. The number of fused-ring (bicyclic) bond motifs is 1. The Morgan fingerprint density at radius 2 is 1.45 bits per heavy atom. The van der Waals surface area contributed by atoms with Crippen molar-refractivity contribution in [3.63, 3.8) is 0 Å². The zero-order chi connectivity index (χ0) is 30.6. The van der Waals surface area contributed by atoms with Crippen LogP contribution in [0.25, 0.3) is 22.1 Å². The van der Waals surface area contributed by atoms with Crippen LogP contribution < -0.4 is 10.2 Å². The minimum absolute atomic E-state index is 0.0221. The van der Waals surface area contributed by atoms with Gasteiger partial charge in [-0.1, -0.05) is 18.2 Å². The lowest BCUT2D eigenvalue weighted by Crippen LogP contribution is -2.63. The topological polar surface area (TPSA) is 154 Å². The fraction of sp³-hybridized carbons (Fsp3) is 0.345. The van der Waals surface area contributed by atoms with Crippen LogP contribution in [0.4, 0.5) is 4.39 Å². The van der Waals surface area contributed by atoms with E-state index >= 15 is 0 Å². The molecule has 1 aliphatic rings. The number of hydrogen-bond donors (Lipinski definition) is 0. The Labute approximate surface area is 238 Å². The molecule has 2 aromatic carbocycles. The molecule has 0 amide bonds. The molecule has 0 aliphatic carbocycles. The molecule has 1 aliphatic heterocycles. The van der Waals surface area contributed by atoms with Crippen LogP contribution in [-0.4, -0.2) is 61.2 Å². The summed E-state index contributed by atoms with van der Waals surface area (Å²) in [7, 11) is 0. The van der Waals surface area contributed by atoms with Crippen molar-refractivity contribution in [1.29, 1.82) is 0 Å². The summed E-state index contributed by atoms with van der Waals surface area (Å²) in [4.78, 5) is 60.6. The first-order chi connectivity index (χ1) is 19.9. The largest absolute Gasteiger partial charge is 0.463 e. The van der Waals surface area contributed by atoms with Gasteiger partial charge < -0.3 is 32.8 Å². The molecule has 0 saturated carbocycles. The summed E-state index contributed by atoms with van der Waals surface area (Å²) in [5, 5.41) is 0.129. The van der Waals surface area contributed by atoms with Gasteiger partial charge in [0.05, 0.1) is 10.9 Å². The fourth-order valence-electron chi connectivity index (χ4n) is 4.47. The Morgan fingerprint density at radius 1 is 0.810 bits per heavy atom. The second-order valence-electron chi connectivity index (χ2n) is 9.30. The predicted octanol–water partition coefficient (Wildman–Crippen LogP) is 3.06. The predicted molar refractivity (Wildman–Crippen MR) is 140 cm³/mol. The molecule has 3 aromatic rings. The first-order valence-electron chi connectivity index (χ1n) is 12.7. The lowest BCUT2D eigenvalue weighted by Gasteiger charge is -2.43. The van der Waals surface area contributed by atoms with Crippen LogP contribution in [-0.2, 0) is 42.9 Å². The number of hydrogen-bond acceptors (Lipinski definition) is 12. The van der Waals surface area contributed by atoms with Crippen molar-refractivity contribution in [3.05, 3.63) is 64.8 Å². The molecule has 5 atom stereocenters. The van der Waals surface area contributed by atoms with Gasteiger partial charge in [0.2, 0.25) is 17.8 Å². The standard InChI is InChI=1S/C29H27FO12/c1-14(31)36-13-24-26(38-15(2)32)27(39-16(3)33)28(40-17(4)34)29(42-24)41-18-9-10-20-23(11-18)37-12-21(25(20)35)19-7-5-6-8-22(19)30/h5-12,24,26-29H,13H2,1-4H3. The Morgan fingerprint density at radius 3 is 2.10 bits per heavy atom. The van der Waals surface area contributed by atoms with E-state index in [2.05, 4.69) is 0 Å². The minimum Gasteiger partial charge on any atom is -0.463 e. The van der Waals surface area contributed by atoms with Crippen molar-refractivity contribution in [2.75, 3.05) is 6.61 Å². The molecule has 12 nitrogen and oxygen atoms in total. The van der Waals surface area contributed by atoms with Crippen molar-refractivity contribution in [2.24, 2.45) is 0 Å². The molecule has 42 heavy (non-hydrogen) atoms. The van der Waals surface area contributed by atoms with Crippen LogP contribution in [0.15, 0.2) is 57.9 Å². The number of benzene rings is 2. The van der Waals surface area contributed by atoms with Crippen LogP contribution in [0.2, 0.25) is 0 Å². The highest BCUT2D eigenvalue weighted by molar-refractivity contribution is 5.82. The third-order valence-corrected chi connectivity index (χ3v) is 6.11. The lowest BCUT2D eigenvalue weighted by molar-refractivity contribution is -0.288. The Bertz CT molecular complexity index is 1560. The Hall–Kier alpha value is -4.78. The summed E-state index contributed by atoms with van der Waals surface area (Å²) >= 11 is 0. The van der Waals surface area contributed by atoms with Crippen molar-refractivity contribution < 1.29 is 56.4 Å². The normalized spacial score (nSPS) is 21.7. The molecule has 0 radical (unpaired) electrons. The zero-order valence-corrected chi connectivity index (χ0v) is 23.0. The number of esters is 4. The average molecular weight is 587 g/mol. The molecule has 13 heteroatoms. The smallest absolute Gasteiger partial charge is 0.303 e. The van der Waals surface area contributed by atoms with E-state index in [1.54, 1.807) is 6.07 Å². The quantitative estimate of drug-likeness (QED) is 0.281. The highest BCUT2D eigenvalue weighted by Crippen LogP contribution is 2.32. The molecule has 5 unspecified atom stereocenters. The lowest BCUT2D eigenvalue weighted by atomic mass is 9.98. The number of rotatable bonds is 8.